The molecule has 1 fully saturated rings. The summed E-state index contributed by atoms with van der Waals surface area (Å²) in [5, 5.41) is 2.46. The van der Waals surface area contributed by atoms with E-state index in [4.69, 9.17) is 27.5 Å². The van der Waals surface area contributed by atoms with E-state index in [-0.39, 0.29) is 11.5 Å². The fourth-order valence-electron chi connectivity index (χ4n) is 2.81. The first kappa shape index (κ1) is 25.2. The van der Waals surface area contributed by atoms with E-state index in [2.05, 4.69) is 43.1 Å². The zero-order chi connectivity index (χ0) is 24.1. The Labute approximate surface area is 216 Å². The number of rotatable bonds is 7. The highest BCUT2D eigenvalue weighted by Crippen LogP contribution is 2.39. The molecule has 0 aromatic heterocycles. The number of imide groups is 1. The van der Waals surface area contributed by atoms with E-state index in [1.807, 2.05) is 0 Å². The maximum atomic E-state index is 12.9. The lowest BCUT2D eigenvalue weighted by atomic mass is 10.1. The minimum Gasteiger partial charge on any atom is -0.493 e. The molecule has 1 aliphatic rings. The van der Waals surface area contributed by atoms with Gasteiger partial charge in [-0.3, -0.25) is 19.3 Å². The fraction of sp³-hybridized carbons (Fsp3) is 0.136. The van der Waals surface area contributed by atoms with E-state index in [1.54, 1.807) is 30.3 Å². The summed E-state index contributed by atoms with van der Waals surface area (Å²) in [4.78, 5) is 38.7. The summed E-state index contributed by atoms with van der Waals surface area (Å²) < 4.78 is 12.3. The molecule has 170 valence electrons. The molecule has 2 aromatic carbocycles. The van der Waals surface area contributed by atoms with Crippen LogP contribution in [0.5, 0.6) is 11.5 Å². The number of ether oxygens (including phenoxy) is 2. The number of benzene rings is 2. The van der Waals surface area contributed by atoms with Crippen molar-refractivity contribution in [2.75, 3.05) is 25.6 Å². The van der Waals surface area contributed by atoms with Gasteiger partial charge in [0.15, 0.2) is 11.5 Å². The van der Waals surface area contributed by atoms with Crippen LogP contribution in [0.25, 0.3) is 6.08 Å². The van der Waals surface area contributed by atoms with Crippen LogP contribution in [-0.2, 0) is 9.59 Å². The van der Waals surface area contributed by atoms with E-state index in [0.29, 0.717) is 36.7 Å². The number of halogens is 3. The number of nitrogens with zero attached hydrogens (tertiary/aromatic N) is 1. The molecule has 1 aliphatic heterocycles. The standard InChI is InChI=1S/C22H15Br2ClN2O5S/c1-3-6-32-20-12(7-13(23)9-17(20)31-2)8-18-21(29)27(22(30)33-18)11-19(28)26-14-4-5-15(24)16(25)10-14/h1,4-5,7-10H,6,11H2,2H3,(H,26,28)/b18-8+. The molecule has 0 atom stereocenters. The zero-order valence-corrected chi connectivity index (χ0v) is 21.7. The van der Waals surface area contributed by atoms with Crippen LogP contribution in [0.4, 0.5) is 10.5 Å². The topological polar surface area (TPSA) is 84.9 Å². The van der Waals surface area contributed by atoms with Crippen molar-refractivity contribution in [2.45, 2.75) is 0 Å². The Hall–Kier alpha value is -2.45. The zero-order valence-electron chi connectivity index (χ0n) is 17.0. The Bertz CT molecular complexity index is 1210. The van der Waals surface area contributed by atoms with E-state index < -0.39 is 23.6 Å². The van der Waals surface area contributed by atoms with Gasteiger partial charge in [0.05, 0.1) is 17.0 Å². The van der Waals surface area contributed by atoms with Crippen molar-refractivity contribution in [3.63, 3.8) is 0 Å². The summed E-state index contributed by atoms with van der Waals surface area (Å²) in [5.74, 6) is 1.96. The molecular formula is C22H15Br2ClN2O5S. The lowest BCUT2D eigenvalue weighted by Crippen LogP contribution is -2.36. The maximum absolute atomic E-state index is 12.9. The molecule has 0 saturated carbocycles. The first-order chi connectivity index (χ1) is 15.7. The van der Waals surface area contributed by atoms with E-state index in [1.165, 1.54) is 13.2 Å². The van der Waals surface area contributed by atoms with Gasteiger partial charge < -0.3 is 14.8 Å². The highest BCUT2D eigenvalue weighted by atomic mass is 79.9. The number of anilines is 1. The van der Waals surface area contributed by atoms with Gasteiger partial charge >= 0.3 is 0 Å². The molecule has 0 bridgehead atoms. The monoisotopic (exact) mass is 612 g/mol. The smallest absolute Gasteiger partial charge is 0.294 e. The molecule has 0 spiro atoms. The van der Waals surface area contributed by atoms with Crippen LogP contribution in [0, 0.1) is 12.3 Å². The molecule has 3 amide bonds. The van der Waals surface area contributed by atoms with Crippen LogP contribution in [0.1, 0.15) is 5.56 Å². The van der Waals surface area contributed by atoms with Gasteiger partial charge in [0.25, 0.3) is 11.1 Å². The first-order valence-electron chi connectivity index (χ1n) is 9.17. The Balaban J connectivity index is 1.81. The predicted octanol–water partition coefficient (Wildman–Crippen LogP) is 5.56. The number of hydrogen-bond acceptors (Lipinski definition) is 6. The van der Waals surface area contributed by atoms with Crippen molar-refractivity contribution in [3.8, 4) is 23.8 Å². The molecule has 7 nitrogen and oxygen atoms in total. The Morgan fingerprint density at radius 2 is 2.06 bits per heavy atom. The largest absolute Gasteiger partial charge is 0.493 e. The van der Waals surface area contributed by atoms with E-state index in [0.717, 1.165) is 16.7 Å². The summed E-state index contributed by atoms with van der Waals surface area (Å²) in [6, 6.07) is 8.25. The summed E-state index contributed by atoms with van der Waals surface area (Å²) in [5.41, 5.74) is 0.920. The van der Waals surface area contributed by atoms with Crippen LogP contribution in [0.15, 0.2) is 44.2 Å². The summed E-state index contributed by atoms with van der Waals surface area (Å²) in [6.45, 7) is -0.460. The molecule has 0 unspecified atom stereocenters. The molecule has 2 aromatic rings. The second-order valence-corrected chi connectivity index (χ2v) is 9.63. The van der Waals surface area contributed by atoms with Crippen molar-refractivity contribution >= 4 is 84.0 Å². The van der Waals surface area contributed by atoms with Gasteiger partial charge in [0.1, 0.15) is 13.2 Å². The van der Waals surface area contributed by atoms with Gasteiger partial charge in [-0.1, -0.05) is 33.5 Å². The molecule has 3 rings (SSSR count). The number of methoxy groups -OCH3 is 1. The first-order valence-corrected chi connectivity index (χ1v) is 12.0. The second-order valence-electron chi connectivity index (χ2n) is 6.46. The third-order valence-electron chi connectivity index (χ3n) is 4.23. The molecule has 1 heterocycles. The highest BCUT2D eigenvalue weighted by molar-refractivity contribution is 9.10. The van der Waals surface area contributed by atoms with Gasteiger partial charge in [-0.05, 0) is 64.1 Å². The van der Waals surface area contributed by atoms with Crippen LogP contribution >= 0.6 is 55.2 Å². The average Bonchev–Trinajstić information content (AvgIpc) is 3.02. The molecule has 11 heteroatoms. The normalized spacial score (nSPS) is 14.4. The molecule has 0 radical (unpaired) electrons. The van der Waals surface area contributed by atoms with Crippen molar-refractivity contribution in [3.05, 3.63) is 54.8 Å². The molecule has 33 heavy (non-hydrogen) atoms. The Morgan fingerprint density at radius 3 is 2.73 bits per heavy atom. The van der Waals surface area contributed by atoms with Gasteiger partial charge in [-0.15, -0.1) is 6.42 Å². The number of amides is 3. The third kappa shape index (κ3) is 6.12. The van der Waals surface area contributed by atoms with Gasteiger partial charge in [-0.2, -0.15) is 0 Å². The highest BCUT2D eigenvalue weighted by Gasteiger charge is 2.36. The van der Waals surface area contributed by atoms with E-state index in [9.17, 15) is 14.4 Å². The maximum Gasteiger partial charge on any atom is 0.294 e. The molecule has 1 N–H and O–H groups in total. The van der Waals surface area contributed by atoms with Crippen LogP contribution < -0.4 is 14.8 Å². The minimum absolute atomic E-state index is 0.0133. The van der Waals surface area contributed by atoms with Gasteiger partial charge in [-0.25, -0.2) is 0 Å². The van der Waals surface area contributed by atoms with Crippen molar-refractivity contribution in [1.82, 2.24) is 4.90 Å². The second kappa shape index (κ2) is 11.1. The van der Waals surface area contributed by atoms with Crippen LogP contribution in [-0.4, -0.2) is 42.2 Å². The quantitative estimate of drug-likeness (QED) is 0.325. The molecule has 0 aliphatic carbocycles. The predicted molar refractivity (Wildman–Crippen MR) is 135 cm³/mol. The van der Waals surface area contributed by atoms with Crippen LogP contribution in [0.2, 0.25) is 5.02 Å². The number of carbonyl (C=O) groups is 3. The number of thioether (sulfide) groups is 1. The van der Waals surface area contributed by atoms with Gasteiger partial charge in [0, 0.05) is 20.2 Å². The minimum atomic E-state index is -0.601. The number of terminal acetylenes is 1. The Kier molecular flexibility index (Phi) is 8.48. The number of carbonyl (C=O) groups excluding carboxylic acids is 3. The van der Waals surface area contributed by atoms with Gasteiger partial charge in [0.2, 0.25) is 5.91 Å². The molecular weight excluding hydrogens is 600 g/mol. The van der Waals surface area contributed by atoms with Crippen molar-refractivity contribution in [1.29, 1.82) is 0 Å². The van der Waals surface area contributed by atoms with Crippen molar-refractivity contribution < 1.29 is 23.9 Å². The van der Waals surface area contributed by atoms with E-state index >= 15 is 0 Å². The summed E-state index contributed by atoms with van der Waals surface area (Å²) >= 11 is 13.4. The van der Waals surface area contributed by atoms with Crippen molar-refractivity contribution in [2.24, 2.45) is 0 Å². The Morgan fingerprint density at radius 1 is 1.30 bits per heavy atom. The summed E-state index contributed by atoms with van der Waals surface area (Å²) in [6.07, 6.45) is 6.79. The third-order valence-corrected chi connectivity index (χ3v) is 6.83. The summed E-state index contributed by atoms with van der Waals surface area (Å²) in [7, 11) is 1.47. The lowest BCUT2D eigenvalue weighted by molar-refractivity contribution is -0.127. The van der Waals surface area contributed by atoms with Crippen LogP contribution in [0.3, 0.4) is 0 Å². The SMILES string of the molecule is C#CCOc1c(/C=C2/SC(=O)N(CC(=O)Nc3ccc(Br)c(Cl)c3)C2=O)cc(Br)cc1OC. The average molecular weight is 615 g/mol. The lowest BCUT2D eigenvalue weighted by Gasteiger charge is -2.14. The number of hydrogen-bond donors (Lipinski definition) is 1. The number of nitrogens with one attached hydrogen (secondary N) is 1. The fourth-order valence-corrected chi connectivity index (χ4v) is 4.52. The molecule has 1 saturated heterocycles.